The van der Waals surface area contributed by atoms with Crippen LogP contribution in [0, 0.1) is 5.82 Å². The number of urea groups is 1. The summed E-state index contributed by atoms with van der Waals surface area (Å²) >= 11 is 0. The summed E-state index contributed by atoms with van der Waals surface area (Å²) in [4.78, 5) is 43.4. The number of rotatable bonds is 3. The maximum absolute atomic E-state index is 14.0. The molecule has 1 atom stereocenters. The monoisotopic (exact) mass is 438 g/mol. The molecule has 0 aliphatic carbocycles. The van der Waals surface area contributed by atoms with Crippen molar-refractivity contribution >= 4 is 23.5 Å². The number of fused-ring (bicyclic) bond motifs is 2. The average molecular weight is 438 g/mol. The van der Waals surface area contributed by atoms with Crippen LogP contribution in [0.2, 0.25) is 0 Å². The Morgan fingerprint density at radius 3 is 2.53 bits per heavy atom. The van der Waals surface area contributed by atoms with Crippen LogP contribution in [0.5, 0.6) is 5.75 Å². The first-order chi connectivity index (χ1) is 15.5. The summed E-state index contributed by atoms with van der Waals surface area (Å²) in [7, 11) is 0. The number of piperazine rings is 1. The molecule has 0 aromatic heterocycles. The fraction of sp³-hybridized carbons (Fsp3) is 0.348. The second-order valence-corrected chi connectivity index (χ2v) is 8.14. The number of halogens is 1. The Kier molecular flexibility index (Phi) is 4.96. The maximum Gasteiger partial charge on any atom is 0.325 e. The summed E-state index contributed by atoms with van der Waals surface area (Å²) in [5.41, 5.74) is -0.0812. The molecule has 0 unspecified atom stereocenters. The molecule has 0 saturated carbocycles. The highest BCUT2D eigenvalue weighted by molar-refractivity contribution is 6.09. The van der Waals surface area contributed by atoms with Crippen molar-refractivity contribution < 1.29 is 23.5 Å². The van der Waals surface area contributed by atoms with E-state index < -0.39 is 17.5 Å². The summed E-state index contributed by atoms with van der Waals surface area (Å²) in [6.07, 6.45) is 0.306. The quantitative estimate of drug-likeness (QED) is 0.738. The molecule has 3 aliphatic rings. The zero-order chi connectivity index (χ0) is 22.3. The van der Waals surface area contributed by atoms with Gasteiger partial charge in [0.2, 0.25) is 5.91 Å². The van der Waals surface area contributed by atoms with Crippen molar-refractivity contribution in [3.63, 3.8) is 0 Å². The van der Waals surface area contributed by atoms with E-state index in [2.05, 4.69) is 5.32 Å². The van der Waals surface area contributed by atoms with Gasteiger partial charge in [-0.3, -0.25) is 14.5 Å². The van der Waals surface area contributed by atoms with Crippen molar-refractivity contribution in [2.24, 2.45) is 0 Å². The van der Waals surface area contributed by atoms with Crippen LogP contribution in [0.1, 0.15) is 12.0 Å². The fourth-order valence-corrected chi connectivity index (χ4v) is 4.66. The molecule has 3 heterocycles. The molecule has 5 rings (SSSR count). The number of para-hydroxylation sites is 2. The van der Waals surface area contributed by atoms with E-state index in [1.807, 2.05) is 4.90 Å². The third-order valence-corrected chi connectivity index (χ3v) is 6.38. The van der Waals surface area contributed by atoms with Gasteiger partial charge < -0.3 is 19.9 Å². The van der Waals surface area contributed by atoms with E-state index in [0.717, 1.165) is 4.90 Å². The lowest BCUT2D eigenvalue weighted by Crippen LogP contribution is -2.52. The standard InChI is InChI=1S/C23H23FN4O4/c24-17-6-2-3-7-18(17)26-10-12-27(13-11-26)20(29)15-28-21(30)23(25-22(28)31)9-14-32-19-8-4-1-5-16(19)23/h1-8H,9-15H2,(H,25,31)/t23-/m0/s1. The molecule has 9 heteroatoms. The zero-order valence-corrected chi connectivity index (χ0v) is 17.4. The predicted octanol–water partition coefficient (Wildman–Crippen LogP) is 1.70. The van der Waals surface area contributed by atoms with E-state index in [9.17, 15) is 18.8 Å². The van der Waals surface area contributed by atoms with E-state index in [-0.39, 0.29) is 18.3 Å². The van der Waals surface area contributed by atoms with Crippen molar-refractivity contribution in [1.29, 1.82) is 0 Å². The summed E-state index contributed by atoms with van der Waals surface area (Å²) in [5.74, 6) is -0.478. The Morgan fingerprint density at radius 2 is 1.75 bits per heavy atom. The first-order valence-corrected chi connectivity index (χ1v) is 10.6. The van der Waals surface area contributed by atoms with Crippen LogP contribution >= 0.6 is 0 Å². The highest BCUT2D eigenvalue weighted by Crippen LogP contribution is 2.40. The smallest absolute Gasteiger partial charge is 0.325 e. The maximum atomic E-state index is 14.0. The number of carbonyl (C=O) groups excluding carboxylic acids is 3. The number of hydrogen-bond acceptors (Lipinski definition) is 5. The van der Waals surface area contributed by atoms with Gasteiger partial charge >= 0.3 is 6.03 Å². The Balaban J connectivity index is 1.26. The first kappa shape index (κ1) is 20.3. The van der Waals surface area contributed by atoms with Crippen LogP contribution in [0.15, 0.2) is 48.5 Å². The van der Waals surface area contributed by atoms with Crippen LogP contribution in [0.3, 0.4) is 0 Å². The van der Waals surface area contributed by atoms with Gasteiger partial charge in [0.25, 0.3) is 5.91 Å². The summed E-state index contributed by atoms with van der Waals surface area (Å²) < 4.78 is 19.7. The summed E-state index contributed by atoms with van der Waals surface area (Å²) in [6.45, 7) is 1.69. The van der Waals surface area contributed by atoms with Gasteiger partial charge in [0, 0.05) is 38.2 Å². The van der Waals surface area contributed by atoms with Crippen molar-refractivity contribution in [2.75, 3.05) is 44.2 Å². The molecule has 2 fully saturated rings. The molecule has 4 amide bonds. The number of nitrogens with zero attached hydrogens (tertiary/aromatic N) is 3. The average Bonchev–Trinajstić information content (AvgIpc) is 3.04. The van der Waals surface area contributed by atoms with Crippen molar-refractivity contribution in [1.82, 2.24) is 15.1 Å². The second-order valence-electron chi connectivity index (χ2n) is 8.14. The minimum absolute atomic E-state index is 0.294. The molecule has 2 saturated heterocycles. The zero-order valence-electron chi connectivity index (χ0n) is 17.4. The van der Waals surface area contributed by atoms with E-state index in [1.165, 1.54) is 6.07 Å². The van der Waals surface area contributed by atoms with Gasteiger partial charge in [-0.25, -0.2) is 9.18 Å². The number of carbonyl (C=O) groups is 3. The van der Waals surface area contributed by atoms with Crippen LogP contribution in [-0.2, 0) is 15.1 Å². The van der Waals surface area contributed by atoms with E-state index in [0.29, 0.717) is 56.2 Å². The molecular formula is C23H23FN4O4. The largest absolute Gasteiger partial charge is 0.493 e. The highest BCUT2D eigenvalue weighted by Gasteiger charge is 2.55. The molecule has 2 aromatic rings. The molecule has 1 N–H and O–H groups in total. The molecular weight excluding hydrogens is 415 g/mol. The third-order valence-electron chi connectivity index (χ3n) is 6.38. The number of amides is 4. The molecule has 8 nitrogen and oxygen atoms in total. The van der Waals surface area contributed by atoms with Gasteiger partial charge in [-0.15, -0.1) is 0 Å². The minimum atomic E-state index is -1.20. The minimum Gasteiger partial charge on any atom is -0.493 e. The molecule has 0 bridgehead atoms. The topological polar surface area (TPSA) is 82.2 Å². The number of nitrogens with one attached hydrogen (secondary N) is 1. The summed E-state index contributed by atoms with van der Waals surface area (Å²) in [5, 5.41) is 2.81. The fourth-order valence-electron chi connectivity index (χ4n) is 4.66. The molecule has 1 spiro atoms. The lowest BCUT2D eigenvalue weighted by molar-refractivity contribution is -0.139. The number of ether oxygens (including phenoxy) is 1. The summed E-state index contributed by atoms with van der Waals surface area (Å²) in [6, 6.07) is 13.1. The number of benzene rings is 2. The van der Waals surface area contributed by atoms with E-state index in [4.69, 9.17) is 4.74 Å². The van der Waals surface area contributed by atoms with Gasteiger partial charge in [-0.1, -0.05) is 30.3 Å². The Hall–Kier alpha value is -3.62. The number of imide groups is 1. The Bertz CT molecular complexity index is 1090. The van der Waals surface area contributed by atoms with Gasteiger partial charge in [0.15, 0.2) is 5.54 Å². The molecule has 166 valence electrons. The highest BCUT2D eigenvalue weighted by atomic mass is 19.1. The Labute approximate surface area is 184 Å². The second kappa shape index (κ2) is 7.81. The number of anilines is 1. The predicted molar refractivity (Wildman–Crippen MR) is 114 cm³/mol. The van der Waals surface area contributed by atoms with Crippen LogP contribution in [0.4, 0.5) is 14.9 Å². The van der Waals surface area contributed by atoms with Crippen LogP contribution < -0.4 is 15.0 Å². The third kappa shape index (κ3) is 3.24. The normalized spacial score (nSPS) is 22.6. The van der Waals surface area contributed by atoms with E-state index in [1.54, 1.807) is 47.4 Å². The van der Waals surface area contributed by atoms with Crippen molar-refractivity contribution in [3.8, 4) is 5.75 Å². The van der Waals surface area contributed by atoms with Gasteiger partial charge in [0.05, 0.1) is 12.3 Å². The Morgan fingerprint density at radius 1 is 1.03 bits per heavy atom. The van der Waals surface area contributed by atoms with Crippen LogP contribution in [0.25, 0.3) is 0 Å². The van der Waals surface area contributed by atoms with Gasteiger partial charge in [-0.2, -0.15) is 0 Å². The van der Waals surface area contributed by atoms with E-state index >= 15 is 0 Å². The van der Waals surface area contributed by atoms with Crippen LogP contribution in [-0.4, -0.2) is 67.0 Å². The van der Waals surface area contributed by atoms with Gasteiger partial charge in [-0.05, 0) is 18.2 Å². The SMILES string of the molecule is O=C(CN1C(=O)N[C@]2(CCOc3ccccc32)C1=O)N1CCN(c2ccccc2F)CC1. The lowest BCUT2D eigenvalue weighted by Gasteiger charge is -2.36. The first-order valence-electron chi connectivity index (χ1n) is 10.6. The molecule has 3 aliphatic heterocycles. The van der Waals surface area contributed by atoms with Crippen molar-refractivity contribution in [3.05, 3.63) is 59.9 Å². The molecule has 2 aromatic carbocycles. The molecule has 0 radical (unpaired) electrons. The van der Waals surface area contributed by atoms with Crippen molar-refractivity contribution in [2.45, 2.75) is 12.0 Å². The number of hydrogen-bond donors (Lipinski definition) is 1. The van der Waals surface area contributed by atoms with Gasteiger partial charge in [0.1, 0.15) is 18.1 Å². The lowest BCUT2D eigenvalue weighted by atomic mass is 9.84. The molecule has 32 heavy (non-hydrogen) atoms.